The Hall–Kier alpha value is -1.99. The number of nitrogens with one attached hydrogen (secondary N) is 1. The standard InChI is InChI=1S/C21H31N3O4.ClH/c1-27-16-6-7-18(19(12-16)28-2)21(26)24-10-8-15(9-11-24)23-20(25)17-5-3-4-14(17)13-22;/h6-7,12,14-15,17H,3-5,8-11,13,22H2,1-2H3,(H,23,25);1H/t14-,17-;/m1./s1. The molecule has 3 rings (SSSR count). The van der Waals surface area contributed by atoms with Gasteiger partial charge in [0.25, 0.3) is 5.91 Å². The van der Waals surface area contributed by atoms with E-state index in [9.17, 15) is 9.59 Å². The van der Waals surface area contributed by atoms with Crippen molar-refractivity contribution in [2.24, 2.45) is 17.6 Å². The molecule has 8 heteroatoms. The zero-order chi connectivity index (χ0) is 20.1. The maximum Gasteiger partial charge on any atom is 0.257 e. The van der Waals surface area contributed by atoms with E-state index in [-0.39, 0.29) is 36.2 Å². The number of rotatable bonds is 6. The van der Waals surface area contributed by atoms with Crippen molar-refractivity contribution in [2.45, 2.75) is 38.1 Å². The number of ether oxygens (including phenoxy) is 2. The van der Waals surface area contributed by atoms with Crippen LogP contribution in [0.4, 0.5) is 0 Å². The molecule has 2 aliphatic rings. The number of amides is 2. The predicted molar refractivity (Wildman–Crippen MR) is 114 cm³/mol. The summed E-state index contributed by atoms with van der Waals surface area (Å²) in [4.78, 5) is 27.3. The van der Waals surface area contributed by atoms with Gasteiger partial charge in [-0.05, 0) is 50.3 Å². The summed E-state index contributed by atoms with van der Waals surface area (Å²) in [6.07, 6.45) is 4.58. The van der Waals surface area contributed by atoms with Gasteiger partial charge in [0.05, 0.1) is 19.8 Å². The summed E-state index contributed by atoms with van der Waals surface area (Å²) in [5.74, 6) is 1.60. The van der Waals surface area contributed by atoms with Crippen LogP contribution in [0, 0.1) is 11.8 Å². The number of likely N-dealkylation sites (tertiary alicyclic amines) is 1. The highest BCUT2D eigenvalue weighted by atomic mass is 35.5. The quantitative estimate of drug-likeness (QED) is 0.728. The van der Waals surface area contributed by atoms with Gasteiger partial charge in [-0.3, -0.25) is 9.59 Å². The van der Waals surface area contributed by atoms with Crippen molar-refractivity contribution >= 4 is 24.2 Å². The first-order chi connectivity index (χ1) is 13.6. The van der Waals surface area contributed by atoms with Crippen LogP contribution >= 0.6 is 12.4 Å². The fourth-order valence-electron chi connectivity index (χ4n) is 4.34. The molecule has 2 fully saturated rings. The van der Waals surface area contributed by atoms with Gasteiger partial charge in [-0.25, -0.2) is 0 Å². The van der Waals surface area contributed by atoms with Crippen LogP contribution in [-0.4, -0.2) is 56.6 Å². The highest BCUT2D eigenvalue weighted by Gasteiger charge is 2.34. The van der Waals surface area contributed by atoms with Crippen molar-refractivity contribution in [3.63, 3.8) is 0 Å². The molecule has 162 valence electrons. The van der Waals surface area contributed by atoms with Gasteiger partial charge in [-0.1, -0.05) is 6.42 Å². The summed E-state index contributed by atoms with van der Waals surface area (Å²) >= 11 is 0. The van der Waals surface area contributed by atoms with Gasteiger partial charge in [-0.15, -0.1) is 12.4 Å². The average Bonchev–Trinajstić information content (AvgIpc) is 3.22. The number of benzene rings is 1. The molecule has 0 spiro atoms. The molecule has 1 saturated carbocycles. The van der Waals surface area contributed by atoms with Crippen LogP contribution < -0.4 is 20.5 Å². The summed E-state index contributed by atoms with van der Waals surface area (Å²) in [5, 5.41) is 3.19. The van der Waals surface area contributed by atoms with Crippen molar-refractivity contribution in [1.29, 1.82) is 0 Å². The zero-order valence-electron chi connectivity index (χ0n) is 17.2. The van der Waals surface area contributed by atoms with Crippen LogP contribution in [0.3, 0.4) is 0 Å². The summed E-state index contributed by atoms with van der Waals surface area (Å²) in [5.41, 5.74) is 6.33. The van der Waals surface area contributed by atoms with Crippen LogP contribution in [0.25, 0.3) is 0 Å². The molecule has 2 atom stereocenters. The molecule has 1 aliphatic heterocycles. The Kier molecular flexibility index (Phi) is 8.59. The second-order valence-corrected chi connectivity index (χ2v) is 7.67. The van der Waals surface area contributed by atoms with Crippen molar-refractivity contribution in [3.05, 3.63) is 23.8 Å². The van der Waals surface area contributed by atoms with Gasteiger partial charge < -0.3 is 25.4 Å². The lowest BCUT2D eigenvalue weighted by atomic mass is 9.94. The van der Waals surface area contributed by atoms with Crippen LogP contribution in [0.1, 0.15) is 42.5 Å². The Morgan fingerprint density at radius 2 is 1.86 bits per heavy atom. The molecule has 1 aromatic carbocycles. The number of nitrogens with zero attached hydrogens (tertiary/aromatic N) is 1. The maximum absolute atomic E-state index is 12.9. The second-order valence-electron chi connectivity index (χ2n) is 7.67. The number of halogens is 1. The van der Waals surface area contributed by atoms with Crippen molar-refractivity contribution in [1.82, 2.24) is 10.2 Å². The van der Waals surface area contributed by atoms with Gasteiger partial charge in [0.1, 0.15) is 11.5 Å². The minimum atomic E-state index is -0.0525. The van der Waals surface area contributed by atoms with E-state index in [1.165, 1.54) is 0 Å². The summed E-state index contributed by atoms with van der Waals surface area (Å²) in [6.45, 7) is 1.81. The lowest BCUT2D eigenvalue weighted by Crippen LogP contribution is -2.48. The largest absolute Gasteiger partial charge is 0.497 e. The molecule has 1 heterocycles. The van der Waals surface area contributed by atoms with Gasteiger partial charge in [0.2, 0.25) is 5.91 Å². The van der Waals surface area contributed by atoms with Gasteiger partial charge in [0.15, 0.2) is 0 Å². The first kappa shape index (κ1) is 23.3. The van der Waals surface area contributed by atoms with E-state index < -0.39 is 0 Å². The molecule has 3 N–H and O–H groups in total. The minimum Gasteiger partial charge on any atom is -0.497 e. The molecule has 0 aromatic heterocycles. The van der Waals surface area contributed by atoms with E-state index >= 15 is 0 Å². The molecule has 1 aliphatic carbocycles. The lowest BCUT2D eigenvalue weighted by molar-refractivity contribution is -0.126. The molecule has 7 nitrogen and oxygen atoms in total. The predicted octanol–water partition coefficient (Wildman–Crippen LogP) is 2.22. The number of carbonyl (C=O) groups excluding carboxylic acids is 2. The summed E-state index contributed by atoms with van der Waals surface area (Å²) in [7, 11) is 3.13. The second kappa shape index (κ2) is 10.7. The molecule has 1 saturated heterocycles. The van der Waals surface area contributed by atoms with Crippen molar-refractivity contribution < 1.29 is 19.1 Å². The first-order valence-electron chi connectivity index (χ1n) is 10.1. The van der Waals surface area contributed by atoms with Gasteiger partial charge in [-0.2, -0.15) is 0 Å². The molecule has 2 amide bonds. The first-order valence-corrected chi connectivity index (χ1v) is 10.1. The molecule has 0 radical (unpaired) electrons. The average molecular weight is 426 g/mol. The molecule has 29 heavy (non-hydrogen) atoms. The topological polar surface area (TPSA) is 93.9 Å². The van der Waals surface area contributed by atoms with E-state index in [1.54, 1.807) is 32.4 Å². The molecular formula is C21H32ClN3O4. The summed E-state index contributed by atoms with van der Waals surface area (Å²) < 4.78 is 10.5. The van der Waals surface area contributed by atoms with E-state index in [1.807, 2.05) is 4.90 Å². The molecule has 1 aromatic rings. The fourth-order valence-corrected chi connectivity index (χ4v) is 4.34. The Morgan fingerprint density at radius 1 is 1.14 bits per heavy atom. The van der Waals surface area contributed by atoms with Crippen molar-refractivity contribution in [2.75, 3.05) is 33.9 Å². The van der Waals surface area contributed by atoms with Gasteiger partial charge >= 0.3 is 0 Å². The Balaban J connectivity index is 0.00000300. The Bertz CT molecular complexity index is 707. The van der Waals surface area contributed by atoms with E-state index in [4.69, 9.17) is 15.2 Å². The third-order valence-electron chi connectivity index (χ3n) is 6.07. The van der Waals surface area contributed by atoms with Crippen LogP contribution in [0.5, 0.6) is 11.5 Å². The molecule has 0 unspecified atom stereocenters. The molecule has 0 bridgehead atoms. The van der Waals surface area contributed by atoms with Gasteiger partial charge in [0, 0.05) is 31.1 Å². The molecular weight excluding hydrogens is 394 g/mol. The van der Waals surface area contributed by atoms with Crippen LogP contribution in [0.2, 0.25) is 0 Å². The van der Waals surface area contributed by atoms with E-state index in [0.29, 0.717) is 42.6 Å². The highest BCUT2D eigenvalue weighted by molar-refractivity contribution is 5.97. The minimum absolute atomic E-state index is 0. The lowest BCUT2D eigenvalue weighted by Gasteiger charge is -2.33. The highest BCUT2D eigenvalue weighted by Crippen LogP contribution is 2.31. The Morgan fingerprint density at radius 3 is 2.48 bits per heavy atom. The van der Waals surface area contributed by atoms with E-state index in [0.717, 1.165) is 32.1 Å². The SMILES string of the molecule is COc1ccc(C(=O)N2CCC(NC(=O)[C@@H]3CCC[C@@H]3CN)CC2)c(OC)c1.Cl. The zero-order valence-corrected chi connectivity index (χ0v) is 18.0. The fraction of sp³-hybridized carbons (Fsp3) is 0.619. The smallest absolute Gasteiger partial charge is 0.257 e. The third kappa shape index (κ3) is 5.34. The van der Waals surface area contributed by atoms with Crippen LogP contribution in [-0.2, 0) is 4.79 Å². The monoisotopic (exact) mass is 425 g/mol. The Labute approximate surface area is 178 Å². The number of carbonyl (C=O) groups is 2. The van der Waals surface area contributed by atoms with Crippen LogP contribution in [0.15, 0.2) is 18.2 Å². The van der Waals surface area contributed by atoms with E-state index in [2.05, 4.69) is 5.32 Å². The van der Waals surface area contributed by atoms with Crippen molar-refractivity contribution in [3.8, 4) is 11.5 Å². The maximum atomic E-state index is 12.9. The number of piperidine rings is 1. The number of nitrogens with two attached hydrogens (primary N) is 1. The number of hydrogen-bond donors (Lipinski definition) is 2. The normalized spacial score (nSPS) is 22.0. The number of hydrogen-bond acceptors (Lipinski definition) is 5. The number of methoxy groups -OCH3 is 2. The third-order valence-corrected chi connectivity index (χ3v) is 6.07. The summed E-state index contributed by atoms with van der Waals surface area (Å²) in [6, 6.07) is 5.34.